The van der Waals surface area contributed by atoms with E-state index < -0.39 is 27.1 Å². The molecule has 1 aromatic carbocycles. The second-order valence-corrected chi connectivity index (χ2v) is 8.33. The number of anilines is 2. The molecule has 2 aliphatic heterocycles. The van der Waals surface area contributed by atoms with Gasteiger partial charge < -0.3 is 19.8 Å². The number of rotatable bonds is 7. The van der Waals surface area contributed by atoms with E-state index in [4.69, 9.17) is 5.11 Å². The Kier molecular flexibility index (Phi) is 7.31. The SMILES string of the molecule is O=C(c1cc([N+](=O)[O-])cc([N+](=O)[O-])c1)N1CCN(c2ccc(N3CCN(CCO)CC3)nn2)CC1. The number of aliphatic hydroxyl groups excluding tert-OH is 1. The van der Waals surface area contributed by atoms with Gasteiger partial charge in [-0.3, -0.25) is 29.9 Å². The molecule has 0 aliphatic carbocycles. The molecule has 0 spiro atoms. The molecule has 1 amide bonds. The molecular weight excluding hydrogens is 460 g/mol. The minimum absolute atomic E-state index is 0.0809. The van der Waals surface area contributed by atoms with Crippen molar-refractivity contribution in [3.05, 3.63) is 56.1 Å². The second kappa shape index (κ2) is 10.6. The average Bonchev–Trinajstić information content (AvgIpc) is 2.89. The van der Waals surface area contributed by atoms with Gasteiger partial charge in [-0.15, -0.1) is 10.2 Å². The highest BCUT2D eigenvalue weighted by atomic mass is 16.6. The maximum absolute atomic E-state index is 12.9. The molecule has 2 saturated heterocycles. The Labute approximate surface area is 200 Å². The van der Waals surface area contributed by atoms with E-state index in [0.717, 1.165) is 50.2 Å². The lowest BCUT2D eigenvalue weighted by Gasteiger charge is -2.36. The van der Waals surface area contributed by atoms with Crippen molar-refractivity contribution >= 4 is 28.9 Å². The molecule has 2 fully saturated rings. The third-order valence-corrected chi connectivity index (χ3v) is 6.21. The predicted molar refractivity (Wildman–Crippen MR) is 126 cm³/mol. The summed E-state index contributed by atoms with van der Waals surface area (Å²) in [7, 11) is 0. The molecule has 3 heterocycles. The van der Waals surface area contributed by atoms with E-state index in [1.54, 1.807) is 0 Å². The van der Waals surface area contributed by atoms with Crippen molar-refractivity contribution in [2.24, 2.45) is 0 Å². The van der Waals surface area contributed by atoms with Gasteiger partial charge in [0.15, 0.2) is 11.6 Å². The van der Waals surface area contributed by atoms with Gasteiger partial charge in [-0.1, -0.05) is 0 Å². The number of nitro benzene ring substituents is 2. The Morgan fingerprint density at radius 3 is 1.74 bits per heavy atom. The summed E-state index contributed by atoms with van der Waals surface area (Å²) in [4.78, 5) is 41.5. The molecule has 0 bridgehead atoms. The Morgan fingerprint density at radius 1 is 0.829 bits per heavy atom. The first-order chi connectivity index (χ1) is 16.9. The van der Waals surface area contributed by atoms with Crippen molar-refractivity contribution in [3.8, 4) is 0 Å². The lowest BCUT2D eigenvalue weighted by Crippen LogP contribution is -2.49. The van der Waals surface area contributed by atoms with Gasteiger partial charge >= 0.3 is 0 Å². The normalized spacial score (nSPS) is 16.9. The van der Waals surface area contributed by atoms with Gasteiger partial charge in [0.2, 0.25) is 0 Å². The zero-order chi connectivity index (χ0) is 24.9. The van der Waals surface area contributed by atoms with Crippen LogP contribution in [-0.4, -0.2) is 106 Å². The Balaban J connectivity index is 1.35. The second-order valence-electron chi connectivity index (χ2n) is 8.33. The van der Waals surface area contributed by atoms with Gasteiger partial charge in [0, 0.05) is 71.0 Å². The van der Waals surface area contributed by atoms with Crippen LogP contribution >= 0.6 is 0 Å². The van der Waals surface area contributed by atoms with Crippen LogP contribution < -0.4 is 9.80 Å². The van der Waals surface area contributed by atoms with Gasteiger partial charge in [-0.2, -0.15) is 0 Å². The first-order valence-electron chi connectivity index (χ1n) is 11.3. The number of amides is 1. The molecule has 4 rings (SSSR count). The molecule has 0 atom stereocenters. The highest BCUT2D eigenvalue weighted by molar-refractivity contribution is 5.95. The minimum atomic E-state index is -0.751. The third-order valence-electron chi connectivity index (χ3n) is 6.21. The maximum atomic E-state index is 12.9. The summed E-state index contributed by atoms with van der Waals surface area (Å²) in [5, 5.41) is 40.0. The summed E-state index contributed by atoms with van der Waals surface area (Å²) in [5.41, 5.74) is -1.07. The van der Waals surface area contributed by atoms with Crippen molar-refractivity contribution in [3.63, 3.8) is 0 Å². The van der Waals surface area contributed by atoms with Crippen LogP contribution in [0.5, 0.6) is 0 Å². The van der Waals surface area contributed by atoms with Crippen molar-refractivity contribution in [2.45, 2.75) is 0 Å². The standard InChI is InChI=1S/C21H26N8O6/c30-12-11-24-3-5-25(6-4-24)19-1-2-20(23-22-19)26-7-9-27(10-8-26)21(31)16-13-17(28(32)33)15-18(14-16)29(34)35/h1-2,13-15,30H,3-12H2. The lowest BCUT2D eigenvalue weighted by atomic mass is 10.1. The van der Waals surface area contributed by atoms with Crippen LogP contribution in [0.25, 0.3) is 0 Å². The molecule has 186 valence electrons. The van der Waals surface area contributed by atoms with Crippen LogP contribution in [0.15, 0.2) is 30.3 Å². The van der Waals surface area contributed by atoms with Crippen LogP contribution in [0, 0.1) is 20.2 Å². The predicted octanol–water partition coefficient (Wildman–Crippen LogP) is 0.370. The van der Waals surface area contributed by atoms with Gasteiger partial charge in [0.25, 0.3) is 17.3 Å². The molecule has 2 aliphatic rings. The summed E-state index contributed by atoms with van der Waals surface area (Å²) in [6.07, 6.45) is 0. The number of nitrogens with zero attached hydrogens (tertiary/aromatic N) is 8. The number of aromatic nitrogens is 2. The van der Waals surface area contributed by atoms with Crippen molar-refractivity contribution < 1.29 is 19.7 Å². The van der Waals surface area contributed by atoms with Gasteiger partial charge in [0.1, 0.15) is 0 Å². The molecule has 14 heteroatoms. The van der Waals surface area contributed by atoms with E-state index in [-0.39, 0.29) is 12.2 Å². The summed E-state index contributed by atoms with van der Waals surface area (Å²) in [6.45, 7) is 5.80. The Bertz CT molecular complexity index is 1050. The Hall–Kier alpha value is -3.91. The van der Waals surface area contributed by atoms with Crippen LogP contribution in [0.4, 0.5) is 23.0 Å². The first kappa shape index (κ1) is 24.2. The maximum Gasteiger partial charge on any atom is 0.277 e. The highest BCUT2D eigenvalue weighted by Crippen LogP contribution is 2.24. The zero-order valence-electron chi connectivity index (χ0n) is 19.0. The number of nitro groups is 2. The number of hydrogen-bond donors (Lipinski definition) is 1. The van der Waals surface area contributed by atoms with Crippen LogP contribution in [-0.2, 0) is 0 Å². The number of carbonyl (C=O) groups is 1. The summed E-state index contributed by atoms with van der Waals surface area (Å²) in [6, 6.07) is 6.78. The third kappa shape index (κ3) is 5.60. The molecule has 1 N–H and O–H groups in total. The fourth-order valence-corrected chi connectivity index (χ4v) is 4.25. The van der Waals surface area contributed by atoms with E-state index in [1.165, 1.54) is 4.90 Å². The van der Waals surface area contributed by atoms with Gasteiger partial charge in [-0.25, -0.2) is 0 Å². The number of aliphatic hydroxyl groups is 1. The van der Waals surface area contributed by atoms with Crippen molar-refractivity contribution in [2.75, 3.05) is 75.3 Å². The highest BCUT2D eigenvalue weighted by Gasteiger charge is 2.27. The van der Waals surface area contributed by atoms with E-state index in [2.05, 4.69) is 20.0 Å². The van der Waals surface area contributed by atoms with E-state index in [0.29, 0.717) is 38.5 Å². The molecule has 0 saturated carbocycles. The summed E-state index contributed by atoms with van der Waals surface area (Å²) >= 11 is 0. The lowest BCUT2D eigenvalue weighted by molar-refractivity contribution is -0.394. The summed E-state index contributed by atoms with van der Waals surface area (Å²) in [5.74, 6) is 0.988. The monoisotopic (exact) mass is 486 g/mol. The molecule has 1 aromatic heterocycles. The van der Waals surface area contributed by atoms with Crippen LogP contribution in [0.1, 0.15) is 10.4 Å². The molecule has 35 heavy (non-hydrogen) atoms. The van der Waals surface area contributed by atoms with E-state index in [9.17, 15) is 25.0 Å². The number of non-ortho nitro benzene ring substituents is 2. The number of benzene rings is 1. The molecular formula is C21H26N8O6. The number of β-amino-alcohol motifs (C(OH)–C–C–N with tert-alkyl or cyclic N) is 1. The fourth-order valence-electron chi connectivity index (χ4n) is 4.25. The zero-order valence-corrected chi connectivity index (χ0v) is 19.0. The summed E-state index contributed by atoms with van der Waals surface area (Å²) < 4.78 is 0. The largest absolute Gasteiger partial charge is 0.395 e. The average molecular weight is 486 g/mol. The fraction of sp³-hybridized carbons (Fsp3) is 0.476. The topological polar surface area (TPSA) is 162 Å². The quantitative estimate of drug-likeness (QED) is 0.425. The molecule has 0 radical (unpaired) electrons. The van der Waals surface area contributed by atoms with Crippen molar-refractivity contribution in [1.82, 2.24) is 20.0 Å². The number of carbonyl (C=O) groups excluding carboxylic acids is 1. The molecule has 2 aromatic rings. The van der Waals surface area contributed by atoms with Gasteiger partial charge in [0.05, 0.1) is 28.1 Å². The molecule has 14 nitrogen and oxygen atoms in total. The van der Waals surface area contributed by atoms with Crippen molar-refractivity contribution in [1.29, 1.82) is 0 Å². The number of hydrogen-bond acceptors (Lipinski definition) is 11. The van der Waals surface area contributed by atoms with E-state index in [1.807, 2.05) is 17.0 Å². The first-order valence-corrected chi connectivity index (χ1v) is 11.3. The van der Waals surface area contributed by atoms with Crippen LogP contribution in [0.2, 0.25) is 0 Å². The number of piperazine rings is 2. The minimum Gasteiger partial charge on any atom is -0.395 e. The Morgan fingerprint density at radius 2 is 1.31 bits per heavy atom. The van der Waals surface area contributed by atoms with Gasteiger partial charge in [-0.05, 0) is 12.1 Å². The molecule has 0 unspecified atom stereocenters. The smallest absolute Gasteiger partial charge is 0.277 e. The van der Waals surface area contributed by atoms with Crippen LogP contribution in [0.3, 0.4) is 0 Å². The van der Waals surface area contributed by atoms with E-state index >= 15 is 0 Å².